The first kappa shape index (κ1) is 17.4. The lowest BCUT2D eigenvalue weighted by Crippen LogP contribution is -2.16. The number of carbonyl (C=O) groups is 2. The molecule has 0 aliphatic heterocycles. The lowest BCUT2D eigenvalue weighted by atomic mass is 10.0. The number of hydrogen-bond donors (Lipinski definition) is 1. The fourth-order valence-corrected chi connectivity index (χ4v) is 3.67. The summed E-state index contributed by atoms with van der Waals surface area (Å²) in [6.07, 6.45) is 4.51. The van der Waals surface area contributed by atoms with E-state index in [0.717, 1.165) is 41.6 Å². The maximum atomic E-state index is 13.1. The first-order chi connectivity index (χ1) is 13.0. The molecule has 1 aliphatic rings. The number of carbonyl (C=O) groups excluding carboxylic acids is 2. The van der Waals surface area contributed by atoms with Crippen LogP contribution in [0, 0.1) is 0 Å². The van der Waals surface area contributed by atoms with Crippen molar-refractivity contribution in [3.8, 4) is 0 Å². The van der Waals surface area contributed by atoms with E-state index in [0.29, 0.717) is 16.8 Å². The Morgan fingerprint density at radius 2 is 1.89 bits per heavy atom. The molecule has 1 aromatic carbocycles. The van der Waals surface area contributed by atoms with Gasteiger partial charge in [0.25, 0.3) is 5.91 Å². The molecule has 0 atom stereocenters. The van der Waals surface area contributed by atoms with Gasteiger partial charge in [-0.2, -0.15) is 5.10 Å². The molecule has 4 rings (SSSR count). The number of aryl methyl sites for hydroxylation is 1. The Kier molecular flexibility index (Phi) is 4.26. The molecule has 0 unspecified atom stereocenters. The molecule has 0 radical (unpaired) electrons. The van der Waals surface area contributed by atoms with E-state index in [1.165, 1.54) is 6.92 Å². The number of pyridine rings is 1. The lowest BCUT2D eigenvalue weighted by Gasteiger charge is -2.12. The second kappa shape index (κ2) is 6.61. The van der Waals surface area contributed by atoms with Crippen LogP contribution in [0.5, 0.6) is 0 Å². The molecule has 1 N–H and O–H groups in total. The molecule has 27 heavy (non-hydrogen) atoms. The molecule has 0 bridgehead atoms. The van der Waals surface area contributed by atoms with Gasteiger partial charge in [0, 0.05) is 23.0 Å². The van der Waals surface area contributed by atoms with E-state index in [9.17, 15) is 9.59 Å². The minimum Gasteiger partial charge on any atom is -0.322 e. The Morgan fingerprint density at radius 3 is 2.56 bits per heavy atom. The number of ketones is 1. The number of nitrogens with one attached hydrogen (secondary N) is 1. The van der Waals surface area contributed by atoms with E-state index in [4.69, 9.17) is 4.98 Å². The summed E-state index contributed by atoms with van der Waals surface area (Å²) in [5.41, 5.74) is 4.76. The highest BCUT2D eigenvalue weighted by molar-refractivity contribution is 6.13. The SMILES string of the molecule is CC(=O)c1ccc(NC(=O)c2c3c(nc4c2cnn4C(C)C)CCC3)cc1. The maximum Gasteiger partial charge on any atom is 0.256 e. The Labute approximate surface area is 157 Å². The summed E-state index contributed by atoms with van der Waals surface area (Å²) in [5.74, 6) is -0.151. The molecule has 0 spiro atoms. The molecule has 2 heterocycles. The Bertz CT molecular complexity index is 1050. The average molecular weight is 362 g/mol. The van der Waals surface area contributed by atoms with Crippen LogP contribution in [0.2, 0.25) is 0 Å². The van der Waals surface area contributed by atoms with Gasteiger partial charge >= 0.3 is 0 Å². The van der Waals surface area contributed by atoms with Crippen LogP contribution in [-0.4, -0.2) is 26.5 Å². The largest absolute Gasteiger partial charge is 0.322 e. The predicted molar refractivity (Wildman–Crippen MR) is 104 cm³/mol. The molecule has 0 saturated heterocycles. The summed E-state index contributed by atoms with van der Waals surface area (Å²) in [6, 6.07) is 7.13. The van der Waals surface area contributed by atoms with E-state index >= 15 is 0 Å². The second-order valence-corrected chi connectivity index (χ2v) is 7.27. The van der Waals surface area contributed by atoms with E-state index in [2.05, 4.69) is 24.3 Å². The second-order valence-electron chi connectivity index (χ2n) is 7.27. The third kappa shape index (κ3) is 3.01. The van der Waals surface area contributed by atoms with Crippen LogP contribution in [0.3, 0.4) is 0 Å². The molecule has 0 saturated carbocycles. The summed E-state index contributed by atoms with van der Waals surface area (Å²) >= 11 is 0. The lowest BCUT2D eigenvalue weighted by molar-refractivity contribution is 0.101. The van der Waals surface area contributed by atoms with Crippen molar-refractivity contribution in [2.24, 2.45) is 0 Å². The smallest absolute Gasteiger partial charge is 0.256 e. The molecule has 3 aromatic rings. The highest BCUT2D eigenvalue weighted by atomic mass is 16.1. The van der Waals surface area contributed by atoms with Gasteiger partial charge in [-0.05, 0) is 69.9 Å². The van der Waals surface area contributed by atoms with E-state index < -0.39 is 0 Å². The van der Waals surface area contributed by atoms with Crippen molar-refractivity contribution in [1.29, 1.82) is 0 Å². The Balaban J connectivity index is 1.76. The number of fused-ring (bicyclic) bond motifs is 2. The highest BCUT2D eigenvalue weighted by Gasteiger charge is 2.26. The van der Waals surface area contributed by atoms with Gasteiger partial charge in [-0.25, -0.2) is 9.67 Å². The third-order valence-corrected chi connectivity index (χ3v) is 5.04. The maximum absolute atomic E-state index is 13.1. The van der Waals surface area contributed by atoms with Crippen LogP contribution in [0.15, 0.2) is 30.5 Å². The summed E-state index contributed by atoms with van der Waals surface area (Å²) < 4.78 is 1.87. The number of amides is 1. The van der Waals surface area contributed by atoms with E-state index in [1.54, 1.807) is 30.5 Å². The number of rotatable bonds is 4. The van der Waals surface area contributed by atoms with Crippen LogP contribution in [0.1, 0.15) is 65.2 Å². The minimum atomic E-state index is -0.153. The average Bonchev–Trinajstić information content (AvgIpc) is 3.26. The minimum absolute atomic E-state index is 0.00244. The molecule has 1 amide bonds. The summed E-state index contributed by atoms with van der Waals surface area (Å²) in [6.45, 7) is 5.63. The fraction of sp³-hybridized carbons (Fsp3) is 0.333. The number of anilines is 1. The zero-order valence-electron chi connectivity index (χ0n) is 15.7. The Morgan fingerprint density at radius 1 is 1.15 bits per heavy atom. The van der Waals surface area contributed by atoms with Crippen molar-refractivity contribution >= 4 is 28.4 Å². The van der Waals surface area contributed by atoms with Crippen molar-refractivity contribution in [2.45, 2.75) is 46.1 Å². The molecule has 6 nitrogen and oxygen atoms in total. The van der Waals surface area contributed by atoms with E-state index in [1.807, 2.05) is 4.68 Å². The molecule has 1 aliphatic carbocycles. The van der Waals surface area contributed by atoms with Crippen molar-refractivity contribution < 1.29 is 9.59 Å². The van der Waals surface area contributed by atoms with Crippen LogP contribution in [-0.2, 0) is 12.8 Å². The van der Waals surface area contributed by atoms with Crippen LogP contribution in [0.25, 0.3) is 11.0 Å². The summed E-state index contributed by atoms with van der Waals surface area (Å²) in [5, 5.41) is 8.22. The van der Waals surface area contributed by atoms with Crippen LogP contribution in [0.4, 0.5) is 5.69 Å². The first-order valence-corrected chi connectivity index (χ1v) is 9.27. The van der Waals surface area contributed by atoms with Gasteiger partial charge in [0.05, 0.1) is 17.1 Å². The normalized spacial score (nSPS) is 13.2. The summed E-state index contributed by atoms with van der Waals surface area (Å²) in [7, 11) is 0. The van der Waals surface area contributed by atoms with Gasteiger partial charge in [0.2, 0.25) is 0 Å². The zero-order valence-corrected chi connectivity index (χ0v) is 15.7. The van der Waals surface area contributed by atoms with Crippen molar-refractivity contribution in [1.82, 2.24) is 14.8 Å². The predicted octanol–water partition coefficient (Wildman–Crippen LogP) is 3.96. The zero-order chi connectivity index (χ0) is 19.1. The van der Waals surface area contributed by atoms with Crippen molar-refractivity contribution in [3.63, 3.8) is 0 Å². The highest BCUT2D eigenvalue weighted by Crippen LogP contribution is 2.31. The number of hydrogen-bond acceptors (Lipinski definition) is 4. The molecular formula is C21H22N4O2. The first-order valence-electron chi connectivity index (χ1n) is 9.27. The number of benzene rings is 1. The number of aromatic nitrogens is 3. The number of nitrogens with zero attached hydrogens (tertiary/aromatic N) is 3. The Hall–Kier alpha value is -3.02. The van der Waals surface area contributed by atoms with Gasteiger partial charge in [-0.1, -0.05) is 0 Å². The number of Topliss-reactive ketones (excluding diaryl/α,β-unsaturated/α-hetero) is 1. The monoisotopic (exact) mass is 362 g/mol. The van der Waals surface area contributed by atoms with Crippen LogP contribution < -0.4 is 5.32 Å². The van der Waals surface area contributed by atoms with Gasteiger partial charge in [-0.3, -0.25) is 9.59 Å². The van der Waals surface area contributed by atoms with Crippen LogP contribution >= 0.6 is 0 Å². The quantitative estimate of drug-likeness (QED) is 0.713. The van der Waals surface area contributed by atoms with Gasteiger partial charge in [-0.15, -0.1) is 0 Å². The van der Waals surface area contributed by atoms with Gasteiger partial charge in [0.15, 0.2) is 11.4 Å². The molecule has 6 heteroatoms. The van der Waals surface area contributed by atoms with Crippen molar-refractivity contribution in [2.75, 3.05) is 5.32 Å². The van der Waals surface area contributed by atoms with E-state index in [-0.39, 0.29) is 17.7 Å². The fourth-order valence-electron chi connectivity index (χ4n) is 3.67. The molecule has 0 fully saturated rings. The third-order valence-electron chi connectivity index (χ3n) is 5.04. The van der Waals surface area contributed by atoms with Crippen molar-refractivity contribution in [3.05, 3.63) is 52.8 Å². The standard InChI is InChI=1S/C21H22N4O2/c1-12(2)25-20-17(11-22-25)19(16-5-4-6-18(16)24-20)21(27)23-15-9-7-14(8-10-15)13(3)26/h7-12H,4-6H2,1-3H3,(H,23,27). The molecule has 2 aromatic heterocycles. The van der Waals surface area contributed by atoms with Gasteiger partial charge < -0.3 is 5.32 Å². The molecule has 138 valence electrons. The molecular weight excluding hydrogens is 340 g/mol. The topological polar surface area (TPSA) is 76.9 Å². The summed E-state index contributed by atoms with van der Waals surface area (Å²) in [4.78, 5) is 29.4. The van der Waals surface area contributed by atoms with Gasteiger partial charge in [0.1, 0.15) is 0 Å².